The second kappa shape index (κ2) is 8.99. The van der Waals surface area contributed by atoms with Crippen molar-refractivity contribution in [2.75, 3.05) is 27.2 Å². The van der Waals surface area contributed by atoms with E-state index in [-0.39, 0.29) is 0 Å². The van der Waals surface area contributed by atoms with E-state index in [0.717, 1.165) is 25.2 Å². The van der Waals surface area contributed by atoms with Crippen molar-refractivity contribution in [3.8, 4) is 0 Å². The van der Waals surface area contributed by atoms with Crippen LogP contribution in [0.15, 0.2) is 27.9 Å². The Labute approximate surface area is 106 Å². The summed E-state index contributed by atoms with van der Waals surface area (Å²) in [7, 11) is 3.88. The standard InChI is InChI=1S/C14H27N3/c1-7-12(3)14(10-16-6)13(4)17-9-11(2)8-15-5/h8,15-16H,7,9-10H2,1-6H3/b11-8-,14-12-,17-13?. The number of hydrogen-bond acceptors (Lipinski definition) is 3. The topological polar surface area (TPSA) is 36.4 Å². The van der Waals surface area contributed by atoms with Crippen LogP contribution >= 0.6 is 0 Å². The Morgan fingerprint density at radius 1 is 1.18 bits per heavy atom. The van der Waals surface area contributed by atoms with Crippen LogP contribution < -0.4 is 10.6 Å². The minimum atomic E-state index is 0.761. The molecule has 0 aromatic carbocycles. The summed E-state index contributed by atoms with van der Waals surface area (Å²) in [6, 6.07) is 0. The highest BCUT2D eigenvalue weighted by Crippen LogP contribution is 2.10. The van der Waals surface area contributed by atoms with Crippen LogP contribution in [0.25, 0.3) is 0 Å². The van der Waals surface area contributed by atoms with Crippen LogP contribution in [0.1, 0.15) is 34.1 Å². The number of nitrogens with one attached hydrogen (secondary N) is 2. The van der Waals surface area contributed by atoms with E-state index in [2.05, 4.69) is 43.3 Å². The third-order valence-corrected chi connectivity index (χ3v) is 2.79. The number of nitrogens with zero attached hydrogens (tertiary/aromatic N) is 1. The van der Waals surface area contributed by atoms with E-state index >= 15 is 0 Å². The van der Waals surface area contributed by atoms with Crippen molar-refractivity contribution in [3.05, 3.63) is 22.9 Å². The first-order chi connectivity index (χ1) is 8.06. The molecule has 0 aliphatic carbocycles. The predicted octanol–water partition coefficient (Wildman–Crippen LogP) is 2.52. The third-order valence-electron chi connectivity index (χ3n) is 2.79. The SMILES string of the molecule is CC/C(C)=C(/CNC)C(C)=NC/C(C)=C\NC. The molecule has 0 radical (unpaired) electrons. The van der Waals surface area contributed by atoms with E-state index in [1.165, 1.54) is 16.7 Å². The summed E-state index contributed by atoms with van der Waals surface area (Å²) < 4.78 is 0. The van der Waals surface area contributed by atoms with Gasteiger partial charge in [-0.15, -0.1) is 0 Å². The maximum Gasteiger partial charge on any atom is 0.0617 e. The molecule has 0 bridgehead atoms. The van der Waals surface area contributed by atoms with Gasteiger partial charge in [-0.25, -0.2) is 0 Å². The Balaban J connectivity index is 4.79. The van der Waals surface area contributed by atoms with Gasteiger partial charge in [0.15, 0.2) is 0 Å². The highest BCUT2D eigenvalue weighted by atomic mass is 14.8. The minimum Gasteiger partial charge on any atom is -0.394 e. The van der Waals surface area contributed by atoms with E-state index in [0.29, 0.717) is 0 Å². The summed E-state index contributed by atoms with van der Waals surface area (Å²) >= 11 is 0. The van der Waals surface area contributed by atoms with E-state index < -0.39 is 0 Å². The fraction of sp³-hybridized carbons (Fsp3) is 0.643. The van der Waals surface area contributed by atoms with Gasteiger partial charge in [-0.05, 0) is 51.6 Å². The largest absolute Gasteiger partial charge is 0.394 e. The van der Waals surface area contributed by atoms with Gasteiger partial charge in [-0.3, -0.25) is 4.99 Å². The van der Waals surface area contributed by atoms with Crippen LogP contribution in [0.4, 0.5) is 0 Å². The number of likely N-dealkylation sites (N-methyl/N-ethyl adjacent to an activating group) is 1. The third kappa shape index (κ3) is 6.27. The molecule has 0 heterocycles. The van der Waals surface area contributed by atoms with E-state index in [1.54, 1.807) is 0 Å². The van der Waals surface area contributed by atoms with Crippen molar-refractivity contribution in [1.29, 1.82) is 0 Å². The van der Waals surface area contributed by atoms with Crippen molar-refractivity contribution in [3.63, 3.8) is 0 Å². The Kier molecular flexibility index (Phi) is 8.42. The van der Waals surface area contributed by atoms with Crippen molar-refractivity contribution < 1.29 is 0 Å². The average molecular weight is 237 g/mol. The van der Waals surface area contributed by atoms with E-state index in [9.17, 15) is 0 Å². The molecule has 0 unspecified atom stereocenters. The first-order valence-corrected chi connectivity index (χ1v) is 6.24. The van der Waals surface area contributed by atoms with Crippen LogP contribution in [-0.2, 0) is 0 Å². The van der Waals surface area contributed by atoms with Crippen molar-refractivity contribution >= 4 is 5.71 Å². The van der Waals surface area contributed by atoms with Crippen LogP contribution in [-0.4, -0.2) is 32.9 Å². The molecule has 0 atom stereocenters. The molecule has 0 aliphatic heterocycles. The second-order valence-corrected chi connectivity index (χ2v) is 4.32. The quantitative estimate of drug-likeness (QED) is 0.668. The molecule has 17 heavy (non-hydrogen) atoms. The van der Waals surface area contributed by atoms with Crippen molar-refractivity contribution in [1.82, 2.24) is 10.6 Å². The van der Waals surface area contributed by atoms with Gasteiger partial charge in [0.1, 0.15) is 0 Å². The summed E-state index contributed by atoms with van der Waals surface area (Å²) in [6.45, 7) is 10.2. The Morgan fingerprint density at radius 2 is 1.82 bits per heavy atom. The van der Waals surface area contributed by atoms with Gasteiger partial charge in [-0.2, -0.15) is 0 Å². The molecule has 0 aromatic heterocycles. The lowest BCUT2D eigenvalue weighted by molar-refractivity contribution is 0.880. The zero-order valence-electron chi connectivity index (χ0n) is 12.1. The van der Waals surface area contributed by atoms with Gasteiger partial charge in [0.25, 0.3) is 0 Å². The molecule has 0 aromatic rings. The summed E-state index contributed by atoms with van der Waals surface area (Å²) in [6.07, 6.45) is 3.07. The number of aliphatic imine (C=N–C) groups is 1. The van der Waals surface area contributed by atoms with Gasteiger partial charge in [0.2, 0.25) is 0 Å². The summed E-state index contributed by atoms with van der Waals surface area (Å²) in [5, 5.41) is 6.23. The molecule has 0 spiro atoms. The zero-order valence-corrected chi connectivity index (χ0v) is 12.1. The van der Waals surface area contributed by atoms with Crippen molar-refractivity contribution in [2.45, 2.75) is 34.1 Å². The van der Waals surface area contributed by atoms with E-state index in [4.69, 9.17) is 0 Å². The Hall–Kier alpha value is -1.09. The zero-order chi connectivity index (χ0) is 13.3. The van der Waals surface area contributed by atoms with E-state index in [1.807, 2.05) is 20.3 Å². The van der Waals surface area contributed by atoms with Crippen LogP contribution in [0.5, 0.6) is 0 Å². The number of rotatable bonds is 7. The fourth-order valence-corrected chi connectivity index (χ4v) is 1.61. The monoisotopic (exact) mass is 237 g/mol. The van der Waals surface area contributed by atoms with Crippen LogP contribution in [0.2, 0.25) is 0 Å². The predicted molar refractivity (Wildman–Crippen MR) is 77.7 cm³/mol. The number of allylic oxidation sites excluding steroid dienone is 1. The molecule has 3 heteroatoms. The maximum atomic E-state index is 4.64. The summed E-state index contributed by atoms with van der Waals surface area (Å²) in [5.74, 6) is 0. The first-order valence-electron chi connectivity index (χ1n) is 6.24. The molecule has 2 N–H and O–H groups in total. The van der Waals surface area contributed by atoms with Crippen LogP contribution in [0, 0.1) is 0 Å². The minimum absolute atomic E-state index is 0.761. The summed E-state index contributed by atoms with van der Waals surface area (Å²) in [5.41, 5.74) is 5.13. The van der Waals surface area contributed by atoms with Gasteiger partial charge in [0.05, 0.1) is 6.54 Å². The molecule has 0 fully saturated rings. The smallest absolute Gasteiger partial charge is 0.0617 e. The van der Waals surface area contributed by atoms with Gasteiger partial charge < -0.3 is 10.6 Å². The Bertz CT molecular complexity index is 311. The molecule has 0 saturated heterocycles. The lowest BCUT2D eigenvalue weighted by atomic mass is 10.0. The lowest BCUT2D eigenvalue weighted by Crippen LogP contribution is -2.17. The van der Waals surface area contributed by atoms with Gasteiger partial charge in [-0.1, -0.05) is 12.5 Å². The lowest BCUT2D eigenvalue weighted by Gasteiger charge is -2.11. The Morgan fingerprint density at radius 3 is 2.29 bits per heavy atom. The second-order valence-electron chi connectivity index (χ2n) is 4.32. The summed E-state index contributed by atoms with van der Waals surface area (Å²) in [4.78, 5) is 4.64. The normalized spacial score (nSPS) is 14.7. The van der Waals surface area contributed by atoms with Gasteiger partial charge >= 0.3 is 0 Å². The molecule has 0 saturated carbocycles. The molecule has 0 aliphatic rings. The first kappa shape index (κ1) is 15.9. The van der Waals surface area contributed by atoms with Gasteiger partial charge in [0, 0.05) is 19.3 Å². The molecular weight excluding hydrogens is 210 g/mol. The molecule has 0 rings (SSSR count). The average Bonchev–Trinajstić information content (AvgIpc) is 2.32. The highest BCUT2D eigenvalue weighted by Gasteiger charge is 2.04. The number of hydrogen-bond donors (Lipinski definition) is 2. The molecule has 0 amide bonds. The van der Waals surface area contributed by atoms with Crippen LogP contribution in [0.3, 0.4) is 0 Å². The highest BCUT2D eigenvalue weighted by molar-refractivity contribution is 5.99. The maximum absolute atomic E-state index is 4.64. The molecular formula is C14H27N3. The molecule has 3 nitrogen and oxygen atoms in total. The van der Waals surface area contributed by atoms with Crippen molar-refractivity contribution in [2.24, 2.45) is 4.99 Å². The fourth-order valence-electron chi connectivity index (χ4n) is 1.61. The molecule has 98 valence electrons.